The van der Waals surface area contributed by atoms with Gasteiger partial charge >= 0.3 is 0 Å². The van der Waals surface area contributed by atoms with Gasteiger partial charge in [0.05, 0.1) is 22.5 Å². The zero-order valence-electron chi connectivity index (χ0n) is 15.7. The van der Waals surface area contributed by atoms with Crippen LogP contribution in [0.4, 0.5) is 5.69 Å². The average molecular weight is 402 g/mol. The van der Waals surface area contributed by atoms with E-state index in [9.17, 15) is 14.4 Å². The number of benzene rings is 1. The Balaban J connectivity index is 1.29. The maximum absolute atomic E-state index is 12.6. The van der Waals surface area contributed by atoms with Gasteiger partial charge in [-0.15, -0.1) is 0 Å². The molecule has 0 aromatic heterocycles. The number of piperazine rings is 1. The molecule has 1 aromatic carbocycles. The minimum atomic E-state index is -0.230. The molecule has 28 heavy (non-hydrogen) atoms. The van der Waals surface area contributed by atoms with Crippen molar-refractivity contribution in [3.05, 3.63) is 41.4 Å². The second-order valence-electron chi connectivity index (χ2n) is 7.55. The number of fused-ring (bicyclic) bond motifs is 1. The first-order valence-electron chi connectivity index (χ1n) is 9.83. The molecule has 2 fully saturated rings. The zero-order chi connectivity index (χ0) is 19.7. The number of amides is 3. The molecule has 7 heteroatoms. The summed E-state index contributed by atoms with van der Waals surface area (Å²) in [5, 5.41) is 0.712. The van der Waals surface area contributed by atoms with Crippen LogP contribution < -0.4 is 4.90 Å². The second kappa shape index (κ2) is 7.95. The predicted octanol–water partition coefficient (Wildman–Crippen LogP) is 2.33. The molecule has 3 aliphatic rings. The summed E-state index contributed by atoms with van der Waals surface area (Å²) in [6.45, 7) is 2.84. The summed E-state index contributed by atoms with van der Waals surface area (Å²) >= 11 is 6.26. The molecule has 0 saturated carbocycles. The molecule has 1 aliphatic carbocycles. The molecule has 0 unspecified atom stereocenters. The van der Waals surface area contributed by atoms with Gasteiger partial charge in [0.25, 0.3) is 0 Å². The number of hydrogen-bond acceptors (Lipinski definition) is 4. The van der Waals surface area contributed by atoms with E-state index in [0.717, 1.165) is 5.69 Å². The topological polar surface area (TPSA) is 60.9 Å². The molecule has 0 radical (unpaired) electrons. The van der Waals surface area contributed by atoms with Crippen LogP contribution in [-0.2, 0) is 14.4 Å². The Hall–Kier alpha value is -2.34. The first-order valence-corrected chi connectivity index (χ1v) is 10.2. The monoisotopic (exact) mass is 401 g/mol. The van der Waals surface area contributed by atoms with Crippen LogP contribution >= 0.6 is 11.6 Å². The van der Waals surface area contributed by atoms with E-state index in [4.69, 9.17) is 11.6 Å². The third-order valence-electron chi connectivity index (χ3n) is 5.97. The predicted molar refractivity (Wildman–Crippen MR) is 107 cm³/mol. The summed E-state index contributed by atoms with van der Waals surface area (Å²) in [4.78, 5) is 42.9. The fourth-order valence-electron chi connectivity index (χ4n) is 4.36. The molecule has 0 bridgehead atoms. The van der Waals surface area contributed by atoms with Crippen LogP contribution in [0.2, 0.25) is 5.02 Å². The molecule has 1 aromatic rings. The van der Waals surface area contributed by atoms with Crippen molar-refractivity contribution in [2.24, 2.45) is 11.8 Å². The Morgan fingerprint density at radius 1 is 0.964 bits per heavy atom. The van der Waals surface area contributed by atoms with E-state index >= 15 is 0 Å². The number of halogens is 1. The van der Waals surface area contributed by atoms with Gasteiger partial charge in [0, 0.05) is 39.1 Å². The quantitative estimate of drug-likeness (QED) is 0.574. The van der Waals surface area contributed by atoms with Crippen LogP contribution in [0.15, 0.2) is 36.4 Å². The second-order valence-corrected chi connectivity index (χ2v) is 7.96. The number of anilines is 1. The fourth-order valence-corrected chi connectivity index (χ4v) is 4.62. The molecule has 148 valence electrons. The summed E-state index contributed by atoms with van der Waals surface area (Å²) in [7, 11) is 0. The summed E-state index contributed by atoms with van der Waals surface area (Å²) in [6.07, 6.45) is 5.39. The van der Waals surface area contributed by atoms with Crippen LogP contribution in [0.25, 0.3) is 0 Å². The third-order valence-corrected chi connectivity index (χ3v) is 6.29. The van der Waals surface area contributed by atoms with Crippen LogP contribution in [-0.4, -0.2) is 60.2 Å². The Labute approximate surface area is 169 Å². The number of para-hydroxylation sites is 1. The highest BCUT2D eigenvalue weighted by Gasteiger charge is 2.47. The molecule has 2 aliphatic heterocycles. The van der Waals surface area contributed by atoms with E-state index in [0.29, 0.717) is 44.0 Å². The number of nitrogens with zero attached hydrogens (tertiary/aromatic N) is 3. The van der Waals surface area contributed by atoms with Gasteiger partial charge in [-0.3, -0.25) is 19.3 Å². The minimum Gasteiger partial charge on any atom is -0.367 e. The van der Waals surface area contributed by atoms with Crippen LogP contribution in [0.1, 0.15) is 19.3 Å². The van der Waals surface area contributed by atoms with E-state index in [-0.39, 0.29) is 42.5 Å². The van der Waals surface area contributed by atoms with Gasteiger partial charge in [0.2, 0.25) is 17.7 Å². The van der Waals surface area contributed by atoms with E-state index in [1.54, 1.807) is 0 Å². The van der Waals surface area contributed by atoms with Crippen molar-refractivity contribution >= 4 is 35.0 Å². The van der Waals surface area contributed by atoms with Crippen molar-refractivity contribution in [2.75, 3.05) is 37.6 Å². The Bertz CT molecular complexity index is 791. The summed E-state index contributed by atoms with van der Waals surface area (Å²) in [6, 6.07) is 7.71. The summed E-state index contributed by atoms with van der Waals surface area (Å²) < 4.78 is 0. The van der Waals surface area contributed by atoms with E-state index in [1.165, 1.54) is 4.90 Å². The van der Waals surface area contributed by atoms with Crippen molar-refractivity contribution in [3.8, 4) is 0 Å². The number of imide groups is 1. The van der Waals surface area contributed by atoms with E-state index in [2.05, 4.69) is 4.90 Å². The molecule has 2 heterocycles. The fraction of sp³-hybridized carbons (Fsp3) is 0.476. The average Bonchev–Trinajstić information content (AvgIpc) is 2.97. The Kier molecular flexibility index (Phi) is 5.40. The van der Waals surface area contributed by atoms with Gasteiger partial charge in [-0.1, -0.05) is 35.9 Å². The number of carbonyl (C=O) groups is 3. The van der Waals surface area contributed by atoms with Gasteiger partial charge in [0.15, 0.2) is 0 Å². The molecule has 4 rings (SSSR count). The van der Waals surface area contributed by atoms with Crippen molar-refractivity contribution in [1.29, 1.82) is 0 Å². The van der Waals surface area contributed by atoms with Gasteiger partial charge in [0.1, 0.15) is 0 Å². The molecular formula is C21H24ClN3O3. The van der Waals surface area contributed by atoms with Crippen LogP contribution in [0, 0.1) is 11.8 Å². The lowest BCUT2D eigenvalue weighted by Gasteiger charge is -2.36. The number of allylic oxidation sites excluding steroid dienone is 2. The lowest BCUT2D eigenvalue weighted by atomic mass is 9.85. The minimum absolute atomic E-state index is 0.00703. The van der Waals surface area contributed by atoms with Crippen LogP contribution in [0.5, 0.6) is 0 Å². The summed E-state index contributed by atoms with van der Waals surface area (Å²) in [5.41, 5.74) is 0.987. The SMILES string of the molecule is O=C(CCN1C(=O)[C@H]2CC=CC[C@H]2C1=O)N1CCN(c2ccccc2Cl)CC1. The number of likely N-dealkylation sites (tertiary alicyclic amines) is 1. The first kappa shape index (κ1) is 19.0. The smallest absolute Gasteiger partial charge is 0.233 e. The lowest BCUT2D eigenvalue weighted by molar-refractivity contribution is -0.140. The van der Waals surface area contributed by atoms with Crippen molar-refractivity contribution in [2.45, 2.75) is 19.3 Å². The Morgan fingerprint density at radius 2 is 1.57 bits per heavy atom. The maximum Gasteiger partial charge on any atom is 0.233 e. The standard InChI is InChI=1S/C21H24ClN3O3/c22-17-7-3-4-8-18(17)23-11-13-24(14-12-23)19(26)9-10-25-20(27)15-5-1-2-6-16(15)21(25)28/h1-4,7-8,15-16H,5-6,9-14H2/t15-,16+. The molecule has 0 N–H and O–H groups in total. The van der Waals surface area contributed by atoms with Gasteiger partial charge in [-0.25, -0.2) is 0 Å². The largest absolute Gasteiger partial charge is 0.367 e. The van der Waals surface area contributed by atoms with E-state index < -0.39 is 0 Å². The molecule has 3 amide bonds. The zero-order valence-corrected chi connectivity index (χ0v) is 16.5. The number of carbonyl (C=O) groups excluding carboxylic acids is 3. The van der Waals surface area contributed by atoms with Gasteiger partial charge < -0.3 is 9.80 Å². The highest BCUT2D eigenvalue weighted by Crippen LogP contribution is 2.35. The summed E-state index contributed by atoms with van der Waals surface area (Å²) in [5.74, 6) is -0.697. The highest BCUT2D eigenvalue weighted by atomic mass is 35.5. The van der Waals surface area contributed by atoms with Crippen LogP contribution in [0.3, 0.4) is 0 Å². The molecule has 2 saturated heterocycles. The maximum atomic E-state index is 12.6. The highest BCUT2D eigenvalue weighted by molar-refractivity contribution is 6.33. The van der Waals surface area contributed by atoms with Crippen molar-refractivity contribution < 1.29 is 14.4 Å². The lowest BCUT2D eigenvalue weighted by Crippen LogP contribution is -2.49. The van der Waals surface area contributed by atoms with Gasteiger partial charge in [-0.2, -0.15) is 0 Å². The molecule has 0 spiro atoms. The normalized spacial score (nSPS) is 24.7. The van der Waals surface area contributed by atoms with E-state index in [1.807, 2.05) is 41.3 Å². The molecule has 2 atom stereocenters. The Morgan fingerprint density at radius 3 is 2.18 bits per heavy atom. The molecule has 6 nitrogen and oxygen atoms in total. The number of hydrogen-bond donors (Lipinski definition) is 0. The number of rotatable bonds is 4. The third kappa shape index (κ3) is 3.53. The van der Waals surface area contributed by atoms with Crippen molar-refractivity contribution in [3.63, 3.8) is 0 Å². The van der Waals surface area contributed by atoms with Gasteiger partial charge in [-0.05, 0) is 25.0 Å². The molecular weight excluding hydrogens is 378 g/mol. The first-order chi connectivity index (χ1) is 13.6. The van der Waals surface area contributed by atoms with Crippen molar-refractivity contribution in [1.82, 2.24) is 9.80 Å².